The summed E-state index contributed by atoms with van der Waals surface area (Å²) in [6.45, 7) is 4.62. The molecule has 0 unspecified atom stereocenters. The monoisotopic (exact) mass is 170 g/mol. The number of hydrogen-bond donors (Lipinski definition) is 2. The molecule has 2 heteroatoms. The highest BCUT2D eigenvalue weighted by molar-refractivity contribution is 4.82. The lowest BCUT2D eigenvalue weighted by molar-refractivity contribution is 0.193. The summed E-state index contributed by atoms with van der Waals surface area (Å²) in [6.07, 6.45) is 6.66. The molecule has 0 amide bonds. The van der Waals surface area contributed by atoms with Crippen LogP contribution in [0.15, 0.2) is 0 Å². The van der Waals surface area contributed by atoms with E-state index in [0.29, 0.717) is 6.04 Å². The molecule has 1 saturated carbocycles. The lowest BCUT2D eigenvalue weighted by Gasteiger charge is -2.34. The summed E-state index contributed by atoms with van der Waals surface area (Å²) in [5.74, 6) is 7.18. The van der Waals surface area contributed by atoms with Gasteiger partial charge in [-0.3, -0.25) is 11.3 Å². The zero-order valence-corrected chi connectivity index (χ0v) is 8.34. The van der Waals surface area contributed by atoms with Crippen molar-refractivity contribution in [3.05, 3.63) is 0 Å². The largest absolute Gasteiger partial charge is 0.271 e. The van der Waals surface area contributed by atoms with Crippen LogP contribution in [0.5, 0.6) is 0 Å². The average Bonchev–Trinajstić information content (AvgIpc) is 2.16. The molecular formula is C10H22N2. The highest BCUT2D eigenvalue weighted by Gasteiger charge is 2.27. The molecule has 0 radical (unpaired) electrons. The van der Waals surface area contributed by atoms with E-state index < -0.39 is 0 Å². The first-order chi connectivity index (χ1) is 5.79. The molecule has 0 aromatic carbocycles. The van der Waals surface area contributed by atoms with E-state index in [-0.39, 0.29) is 0 Å². The summed E-state index contributed by atoms with van der Waals surface area (Å²) in [5, 5.41) is 0. The van der Waals surface area contributed by atoms with Gasteiger partial charge in [0.05, 0.1) is 0 Å². The summed E-state index contributed by atoms with van der Waals surface area (Å²) < 4.78 is 0. The number of nitrogens with two attached hydrogens (primary N) is 1. The van der Waals surface area contributed by atoms with Gasteiger partial charge in [0.15, 0.2) is 0 Å². The predicted molar refractivity (Wildman–Crippen MR) is 52.5 cm³/mol. The van der Waals surface area contributed by atoms with Crippen LogP contribution in [0.4, 0.5) is 0 Å². The van der Waals surface area contributed by atoms with E-state index in [9.17, 15) is 0 Å². The molecule has 1 fully saturated rings. The van der Waals surface area contributed by atoms with Crippen molar-refractivity contribution in [2.24, 2.45) is 17.7 Å². The van der Waals surface area contributed by atoms with Crippen molar-refractivity contribution in [3.63, 3.8) is 0 Å². The summed E-state index contributed by atoms with van der Waals surface area (Å²) in [5.41, 5.74) is 2.97. The quantitative estimate of drug-likeness (QED) is 0.502. The van der Waals surface area contributed by atoms with Crippen molar-refractivity contribution in [2.75, 3.05) is 0 Å². The van der Waals surface area contributed by atoms with Crippen molar-refractivity contribution < 1.29 is 0 Å². The van der Waals surface area contributed by atoms with Crippen molar-refractivity contribution in [1.29, 1.82) is 0 Å². The van der Waals surface area contributed by atoms with E-state index in [4.69, 9.17) is 5.84 Å². The minimum Gasteiger partial charge on any atom is -0.271 e. The van der Waals surface area contributed by atoms with E-state index >= 15 is 0 Å². The molecule has 2 nitrogen and oxygen atoms in total. The first-order valence-corrected chi connectivity index (χ1v) is 5.25. The van der Waals surface area contributed by atoms with E-state index in [1.165, 1.54) is 32.1 Å². The minimum atomic E-state index is 0.577. The van der Waals surface area contributed by atoms with Gasteiger partial charge >= 0.3 is 0 Å². The van der Waals surface area contributed by atoms with Crippen molar-refractivity contribution in [3.8, 4) is 0 Å². The molecular weight excluding hydrogens is 148 g/mol. The molecule has 0 heterocycles. The molecule has 0 aliphatic heterocycles. The first-order valence-electron chi connectivity index (χ1n) is 5.25. The Morgan fingerprint density at radius 3 is 2.67 bits per heavy atom. The third-order valence-electron chi connectivity index (χ3n) is 3.41. The third-order valence-corrected chi connectivity index (χ3v) is 3.41. The Morgan fingerprint density at radius 1 is 1.42 bits per heavy atom. The average molecular weight is 170 g/mol. The smallest absolute Gasteiger partial charge is 0.0241 e. The molecule has 72 valence electrons. The van der Waals surface area contributed by atoms with Crippen LogP contribution in [-0.4, -0.2) is 6.04 Å². The van der Waals surface area contributed by atoms with E-state index in [0.717, 1.165) is 11.8 Å². The molecule has 0 saturated heterocycles. The highest BCUT2D eigenvalue weighted by Crippen LogP contribution is 2.31. The van der Waals surface area contributed by atoms with Crippen molar-refractivity contribution in [1.82, 2.24) is 5.43 Å². The molecule has 3 N–H and O–H groups in total. The second-order valence-electron chi connectivity index (χ2n) is 4.11. The molecule has 0 spiro atoms. The maximum atomic E-state index is 5.54. The number of rotatable bonds is 3. The maximum Gasteiger partial charge on any atom is 0.0241 e. The fourth-order valence-electron chi connectivity index (χ4n) is 2.35. The van der Waals surface area contributed by atoms with Gasteiger partial charge in [-0.05, 0) is 24.7 Å². The highest BCUT2D eigenvalue weighted by atomic mass is 15.2. The predicted octanol–water partition coefficient (Wildman–Crippen LogP) is 2.05. The molecule has 1 aliphatic carbocycles. The molecule has 0 aromatic heterocycles. The van der Waals surface area contributed by atoms with Gasteiger partial charge in [-0.15, -0.1) is 0 Å². The Labute approximate surface area is 75.9 Å². The molecule has 3 atom stereocenters. The Balaban J connectivity index is 2.46. The van der Waals surface area contributed by atoms with Crippen LogP contribution >= 0.6 is 0 Å². The summed E-state index contributed by atoms with van der Waals surface area (Å²) in [4.78, 5) is 0. The van der Waals surface area contributed by atoms with Gasteiger partial charge in [-0.1, -0.05) is 33.1 Å². The van der Waals surface area contributed by atoms with Crippen LogP contribution in [0.1, 0.15) is 46.0 Å². The fraction of sp³-hybridized carbons (Fsp3) is 1.00. The SMILES string of the molecule is CC[C@H](C)[C@H]1CCCC[C@@H]1NN. The minimum absolute atomic E-state index is 0.577. The zero-order chi connectivity index (χ0) is 8.97. The van der Waals surface area contributed by atoms with Crippen LogP contribution < -0.4 is 11.3 Å². The van der Waals surface area contributed by atoms with Gasteiger partial charge < -0.3 is 0 Å². The van der Waals surface area contributed by atoms with Crippen molar-refractivity contribution in [2.45, 2.75) is 52.0 Å². The molecule has 0 bridgehead atoms. The lowest BCUT2D eigenvalue weighted by Crippen LogP contribution is -2.44. The number of nitrogens with one attached hydrogen (secondary N) is 1. The van der Waals surface area contributed by atoms with Gasteiger partial charge in [0.2, 0.25) is 0 Å². The Kier molecular flexibility index (Phi) is 4.02. The van der Waals surface area contributed by atoms with Crippen LogP contribution in [-0.2, 0) is 0 Å². The first kappa shape index (κ1) is 10.0. The van der Waals surface area contributed by atoms with Gasteiger partial charge in [-0.25, -0.2) is 0 Å². The normalized spacial score (nSPS) is 33.2. The Morgan fingerprint density at radius 2 is 2.08 bits per heavy atom. The molecule has 1 rings (SSSR count). The second kappa shape index (κ2) is 4.83. The van der Waals surface area contributed by atoms with Gasteiger partial charge in [-0.2, -0.15) is 0 Å². The number of hydrazine groups is 1. The summed E-state index contributed by atoms with van der Waals surface area (Å²) in [7, 11) is 0. The van der Waals surface area contributed by atoms with Crippen LogP contribution in [0, 0.1) is 11.8 Å². The van der Waals surface area contributed by atoms with Crippen molar-refractivity contribution >= 4 is 0 Å². The molecule has 1 aliphatic rings. The summed E-state index contributed by atoms with van der Waals surface area (Å²) >= 11 is 0. The maximum absolute atomic E-state index is 5.54. The lowest BCUT2D eigenvalue weighted by atomic mass is 9.76. The Hall–Kier alpha value is -0.0800. The Bertz CT molecular complexity index is 125. The van der Waals surface area contributed by atoms with E-state index in [1.54, 1.807) is 0 Å². The van der Waals surface area contributed by atoms with Crippen LogP contribution in [0.2, 0.25) is 0 Å². The molecule has 12 heavy (non-hydrogen) atoms. The van der Waals surface area contributed by atoms with Crippen LogP contribution in [0.25, 0.3) is 0 Å². The zero-order valence-electron chi connectivity index (χ0n) is 8.34. The standard InChI is InChI=1S/C10H22N2/c1-3-8(2)9-6-4-5-7-10(9)12-11/h8-10,12H,3-7,11H2,1-2H3/t8-,9+,10-/m0/s1. The molecule has 0 aromatic rings. The van der Waals surface area contributed by atoms with E-state index in [1.807, 2.05) is 0 Å². The van der Waals surface area contributed by atoms with Gasteiger partial charge in [0.25, 0.3) is 0 Å². The topological polar surface area (TPSA) is 38.0 Å². The van der Waals surface area contributed by atoms with Gasteiger partial charge in [0.1, 0.15) is 0 Å². The third kappa shape index (κ3) is 2.20. The van der Waals surface area contributed by atoms with Gasteiger partial charge in [0, 0.05) is 6.04 Å². The van der Waals surface area contributed by atoms with Crippen LogP contribution in [0.3, 0.4) is 0 Å². The second-order valence-corrected chi connectivity index (χ2v) is 4.11. The fourth-order valence-corrected chi connectivity index (χ4v) is 2.35. The number of hydrogen-bond acceptors (Lipinski definition) is 2. The van der Waals surface area contributed by atoms with E-state index in [2.05, 4.69) is 19.3 Å². The summed E-state index contributed by atoms with van der Waals surface area (Å²) in [6, 6.07) is 0.577.